The van der Waals surface area contributed by atoms with Gasteiger partial charge in [0.1, 0.15) is 17.2 Å². The van der Waals surface area contributed by atoms with Gasteiger partial charge in [-0.25, -0.2) is 22.0 Å². The third kappa shape index (κ3) is 3.21. The number of carbonyl (C=O) groups excluding carboxylic acids is 1. The molecule has 3 aromatic rings. The van der Waals surface area contributed by atoms with E-state index in [4.69, 9.17) is 0 Å². The smallest absolute Gasteiger partial charge is 0.273 e. The second-order valence-electron chi connectivity index (χ2n) is 4.97. The first-order valence-electron chi connectivity index (χ1n) is 6.82. The number of nitrogens with zero attached hydrogens (tertiary/aromatic N) is 1. The Morgan fingerprint density at radius 1 is 0.920 bits per heavy atom. The van der Waals surface area contributed by atoms with E-state index in [-0.39, 0.29) is 17.5 Å². The fourth-order valence-electron chi connectivity index (χ4n) is 2.07. The van der Waals surface area contributed by atoms with Crippen LogP contribution in [0.5, 0.6) is 0 Å². The van der Waals surface area contributed by atoms with Gasteiger partial charge in [0.2, 0.25) is 0 Å². The number of benzene rings is 2. The van der Waals surface area contributed by atoms with Crippen molar-refractivity contribution in [3.05, 3.63) is 71.2 Å². The van der Waals surface area contributed by atoms with Crippen LogP contribution in [-0.4, -0.2) is 16.1 Å². The molecule has 9 heteroatoms. The molecule has 0 saturated heterocycles. The summed E-state index contributed by atoms with van der Waals surface area (Å²) in [5, 5.41) is 7.88. The molecule has 0 saturated carbocycles. The minimum atomic E-state index is -1.73. The molecule has 0 spiro atoms. The number of aromatic amines is 1. The molecule has 1 amide bonds. The summed E-state index contributed by atoms with van der Waals surface area (Å²) in [6.07, 6.45) is 0. The van der Waals surface area contributed by atoms with E-state index < -0.39 is 40.7 Å². The predicted octanol–water partition coefficient (Wildman–Crippen LogP) is 4.02. The van der Waals surface area contributed by atoms with Gasteiger partial charge in [-0.1, -0.05) is 0 Å². The number of halogens is 5. The highest BCUT2D eigenvalue weighted by molar-refractivity contribution is 6.03. The minimum absolute atomic E-state index is 0.0309. The SMILES string of the molecule is O=C(Nc1c(F)c(F)cc(F)c1F)c1cc(-c2ccc(F)cc2)n[nH]1. The average Bonchev–Trinajstić information content (AvgIpc) is 3.07. The van der Waals surface area contributed by atoms with Crippen LogP contribution >= 0.6 is 0 Å². The van der Waals surface area contributed by atoms with Gasteiger partial charge in [-0.2, -0.15) is 5.10 Å². The fraction of sp³-hybridized carbons (Fsp3) is 0. The highest BCUT2D eigenvalue weighted by Crippen LogP contribution is 2.25. The van der Waals surface area contributed by atoms with Crippen LogP contribution in [0.1, 0.15) is 10.5 Å². The molecule has 2 N–H and O–H groups in total. The number of nitrogens with one attached hydrogen (secondary N) is 2. The molecular formula is C16H8F5N3O. The van der Waals surface area contributed by atoms with Crippen LogP contribution in [0.3, 0.4) is 0 Å². The summed E-state index contributed by atoms with van der Waals surface area (Å²) in [4.78, 5) is 12.0. The summed E-state index contributed by atoms with van der Waals surface area (Å²) in [5.74, 6) is -8.28. The molecule has 0 aliphatic heterocycles. The van der Waals surface area contributed by atoms with Crippen LogP contribution < -0.4 is 5.32 Å². The summed E-state index contributed by atoms with van der Waals surface area (Å²) in [5.41, 5.74) is -0.731. The summed E-state index contributed by atoms with van der Waals surface area (Å²) >= 11 is 0. The van der Waals surface area contributed by atoms with E-state index in [1.54, 1.807) is 5.32 Å². The first kappa shape index (κ1) is 16.6. The molecule has 25 heavy (non-hydrogen) atoms. The lowest BCUT2D eigenvalue weighted by molar-refractivity contribution is 0.102. The van der Waals surface area contributed by atoms with Crippen molar-refractivity contribution in [1.29, 1.82) is 0 Å². The Morgan fingerprint density at radius 2 is 1.52 bits per heavy atom. The van der Waals surface area contributed by atoms with E-state index in [2.05, 4.69) is 10.2 Å². The van der Waals surface area contributed by atoms with Crippen LogP contribution in [0.15, 0.2) is 36.4 Å². The highest BCUT2D eigenvalue weighted by atomic mass is 19.2. The molecule has 2 aromatic carbocycles. The molecular weight excluding hydrogens is 345 g/mol. The molecule has 0 unspecified atom stereocenters. The van der Waals surface area contributed by atoms with Crippen LogP contribution in [0.2, 0.25) is 0 Å². The lowest BCUT2D eigenvalue weighted by atomic mass is 10.1. The van der Waals surface area contributed by atoms with Gasteiger partial charge in [-0.05, 0) is 30.3 Å². The van der Waals surface area contributed by atoms with Crippen LogP contribution in [0.25, 0.3) is 11.3 Å². The maximum atomic E-state index is 13.6. The zero-order chi connectivity index (χ0) is 18.1. The third-order valence-electron chi connectivity index (χ3n) is 3.31. The van der Waals surface area contributed by atoms with E-state index >= 15 is 0 Å². The summed E-state index contributed by atoms with van der Waals surface area (Å²) in [7, 11) is 0. The molecule has 0 aliphatic carbocycles. The fourth-order valence-corrected chi connectivity index (χ4v) is 2.07. The molecule has 128 valence electrons. The Labute approximate surface area is 137 Å². The molecule has 0 bridgehead atoms. The quantitative estimate of drug-likeness (QED) is 0.552. The van der Waals surface area contributed by atoms with Gasteiger partial charge in [0.05, 0.1) is 5.69 Å². The first-order chi connectivity index (χ1) is 11.9. The number of amides is 1. The molecule has 3 rings (SSSR count). The highest BCUT2D eigenvalue weighted by Gasteiger charge is 2.22. The second-order valence-corrected chi connectivity index (χ2v) is 4.97. The topological polar surface area (TPSA) is 57.8 Å². The van der Waals surface area contributed by atoms with E-state index in [0.29, 0.717) is 5.56 Å². The van der Waals surface area contributed by atoms with Crippen LogP contribution in [-0.2, 0) is 0 Å². The molecule has 0 fully saturated rings. The van der Waals surface area contributed by atoms with Crippen molar-refractivity contribution in [1.82, 2.24) is 10.2 Å². The number of aromatic nitrogens is 2. The molecule has 4 nitrogen and oxygen atoms in total. The maximum Gasteiger partial charge on any atom is 0.273 e. The number of hydrogen-bond donors (Lipinski definition) is 2. The third-order valence-corrected chi connectivity index (χ3v) is 3.31. The number of rotatable bonds is 3. The monoisotopic (exact) mass is 353 g/mol. The van der Waals surface area contributed by atoms with Crippen molar-refractivity contribution in [3.63, 3.8) is 0 Å². The van der Waals surface area contributed by atoms with Gasteiger partial charge >= 0.3 is 0 Å². The zero-order valence-electron chi connectivity index (χ0n) is 12.2. The molecule has 1 heterocycles. The van der Waals surface area contributed by atoms with E-state index in [9.17, 15) is 26.7 Å². The number of anilines is 1. The maximum absolute atomic E-state index is 13.6. The van der Waals surface area contributed by atoms with Crippen LogP contribution in [0.4, 0.5) is 27.6 Å². The summed E-state index contributed by atoms with van der Waals surface area (Å²) in [6.45, 7) is 0. The van der Waals surface area contributed by atoms with Crippen molar-refractivity contribution in [3.8, 4) is 11.3 Å². The van der Waals surface area contributed by atoms with Crippen molar-refractivity contribution >= 4 is 11.6 Å². The van der Waals surface area contributed by atoms with Gasteiger partial charge in [-0.15, -0.1) is 0 Å². The first-order valence-corrected chi connectivity index (χ1v) is 6.82. The lowest BCUT2D eigenvalue weighted by Gasteiger charge is -2.07. The summed E-state index contributed by atoms with van der Waals surface area (Å²) < 4.78 is 66.3. The van der Waals surface area contributed by atoms with Crippen molar-refractivity contribution < 1.29 is 26.7 Å². The van der Waals surface area contributed by atoms with Crippen molar-refractivity contribution in [2.75, 3.05) is 5.32 Å². The van der Waals surface area contributed by atoms with Crippen molar-refractivity contribution in [2.45, 2.75) is 0 Å². The normalized spacial score (nSPS) is 10.8. The lowest BCUT2D eigenvalue weighted by Crippen LogP contribution is -2.16. The Kier molecular flexibility index (Phi) is 4.22. The largest absolute Gasteiger partial charge is 0.316 e. The van der Waals surface area contributed by atoms with Crippen LogP contribution in [0, 0.1) is 29.1 Å². The number of hydrogen-bond acceptors (Lipinski definition) is 2. The Balaban J connectivity index is 1.87. The number of H-pyrrole nitrogens is 1. The Hall–Kier alpha value is -3.23. The summed E-state index contributed by atoms with van der Waals surface area (Å²) in [6, 6.07) is 6.45. The molecule has 0 aliphatic rings. The number of carbonyl (C=O) groups is 1. The standard InChI is InChI=1S/C16H8F5N3O/c17-8-3-1-7(2-4-8)11-6-12(24-23-11)16(25)22-15-13(20)9(18)5-10(19)14(15)21/h1-6H,(H,22,25)(H,23,24). The van der Waals surface area contributed by atoms with Gasteiger partial charge < -0.3 is 5.32 Å². The van der Waals surface area contributed by atoms with Gasteiger partial charge in [-0.3, -0.25) is 9.89 Å². The van der Waals surface area contributed by atoms with Gasteiger partial charge in [0.25, 0.3) is 5.91 Å². The zero-order valence-corrected chi connectivity index (χ0v) is 12.2. The van der Waals surface area contributed by atoms with E-state index in [1.165, 1.54) is 30.3 Å². The van der Waals surface area contributed by atoms with E-state index in [1.807, 2.05) is 0 Å². The Bertz CT molecular complexity index is 927. The van der Waals surface area contributed by atoms with Crippen molar-refractivity contribution in [2.24, 2.45) is 0 Å². The minimum Gasteiger partial charge on any atom is -0.316 e. The Morgan fingerprint density at radius 3 is 2.12 bits per heavy atom. The van der Waals surface area contributed by atoms with Gasteiger partial charge in [0, 0.05) is 11.6 Å². The molecule has 0 atom stereocenters. The average molecular weight is 353 g/mol. The van der Waals surface area contributed by atoms with Gasteiger partial charge in [0.15, 0.2) is 23.3 Å². The molecule has 1 aromatic heterocycles. The predicted molar refractivity (Wildman–Crippen MR) is 78.2 cm³/mol. The molecule has 0 radical (unpaired) electrons. The van der Waals surface area contributed by atoms with E-state index in [0.717, 1.165) is 0 Å². The second kappa shape index (κ2) is 6.34.